The number of hydrogen-bond acceptors (Lipinski definition) is 6. The van der Waals surface area contributed by atoms with Crippen molar-refractivity contribution in [2.24, 2.45) is 11.8 Å². The number of ether oxygens (including phenoxy) is 2. The average molecular weight is 486 g/mol. The number of pyridine rings is 1. The topological polar surface area (TPSA) is 54.9 Å². The van der Waals surface area contributed by atoms with Gasteiger partial charge in [0.15, 0.2) is 0 Å². The van der Waals surface area contributed by atoms with Crippen LogP contribution in [0.1, 0.15) is 23.2 Å². The lowest BCUT2D eigenvalue weighted by atomic mass is 9.61. The number of halogens is 1. The minimum atomic E-state index is -0.363. The van der Waals surface area contributed by atoms with Crippen LogP contribution in [-0.4, -0.2) is 72.8 Å². The number of fused-ring (bicyclic) bond motifs is 2. The molecular formula is C24H28BrN3O3. The molecule has 6 nitrogen and oxygen atoms in total. The number of esters is 1. The van der Waals surface area contributed by atoms with Crippen molar-refractivity contribution in [2.75, 3.05) is 34.4 Å². The van der Waals surface area contributed by atoms with Crippen LogP contribution in [0, 0.1) is 11.8 Å². The van der Waals surface area contributed by atoms with Gasteiger partial charge in [0.2, 0.25) is 0 Å². The molecule has 0 bridgehead atoms. The Labute approximate surface area is 191 Å². The van der Waals surface area contributed by atoms with Crippen LogP contribution in [0.3, 0.4) is 0 Å². The molecule has 1 aromatic rings. The van der Waals surface area contributed by atoms with Crippen molar-refractivity contribution in [2.45, 2.75) is 30.5 Å². The van der Waals surface area contributed by atoms with Gasteiger partial charge in [0.1, 0.15) is 5.60 Å². The number of allylic oxidation sites excluding steroid dienone is 2. The Morgan fingerprint density at radius 3 is 2.97 bits per heavy atom. The van der Waals surface area contributed by atoms with Crippen molar-refractivity contribution in [3.63, 3.8) is 0 Å². The van der Waals surface area contributed by atoms with Crippen molar-refractivity contribution >= 4 is 21.9 Å². The molecule has 0 aromatic carbocycles. The van der Waals surface area contributed by atoms with E-state index in [1.165, 1.54) is 17.3 Å². The van der Waals surface area contributed by atoms with E-state index in [-0.39, 0.29) is 23.5 Å². The summed E-state index contributed by atoms with van der Waals surface area (Å²) >= 11 is 3.36. The Morgan fingerprint density at radius 2 is 2.19 bits per heavy atom. The number of nitrogens with zero attached hydrogens (tertiary/aromatic N) is 3. The number of hydrogen-bond donors (Lipinski definition) is 0. The summed E-state index contributed by atoms with van der Waals surface area (Å²) in [5.74, 6) is 0.241. The first kappa shape index (κ1) is 20.9. The molecule has 4 aliphatic rings. The summed E-state index contributed by atoms with van der Waals surface area (Å²) in [4.78, 5) is 21.3. The molecule has 2 aliphatic carbocycles. The molecule has 0 spiro atoms. The van der Waals surface area contributed by atoms with Crippen LogP contribution in [0.4, 0.5) is 0 Å². The highest BCUT2D eigenvalue weighted by atomic mass is 79.9. The number of carbonyl (C=O) groups excluding carboxylic acids is 1. The molecule has 1 aromatic heterocycles. The lowest BCUT2D eigenvalue weighted by molar-refractivity contribution is -0.111. The van der Waals surface area contributed by atoms with Gasteiger partial charge >= 0.3 is 5.97 Å². The highest BCUT2D eigenvalue weighted by Crippen LogP contribution is 2.54. The summed E-state index contributed by atoms with van der Waals surface area (Å²) in [6.45, 7) is 1.24. The summed E-state index contributed by atoms with van der Waals surface area (Å²) in [6.07, 6.45) is 14.1. The van der Waals surface area contributed by atoms with Gasteiger partial charge in [-0.05, 0) is 59.2 Å². The largest absolute Gasteiger partial charge is 0.462 e. The normalized spacial score (nSPS) is 34.0. The molecule has 0 unspecified atom stereocenters. The predicted octanol–water partition coefficient (Wildman–Crippen LogP) is 3.42. The zero-order chi connectivity index (χ0) is 21.8. The molecule has 5 rings (SSSR count). The summed E-state index contributed by atoms with van der Waals surface area (Å²) in [5, 5.41) is 0. The molecule has 7 heteroatoms. The van der Waals surface area contributed by atoms with Crippen molar-refractivity contribution in [3.05, 3.63) is 64.1 Å². The van der Waals surface area contributed by atoms with E-state index in [9.17, 15) is 4.79 Å². The van der Waals surface area contributed by atoms with E-state index in [0.29, 0.717) is 24.1 Å². The third-order valence-electron chi connectivity index (χ3n) is 7.38. The first-order chi connectivity index (χ1) is 14.9. The molecule has 0 amide bonds. The second kappa shape index (κ2) is 7.87. The third kappa shape index (κ3) is 3.38. The van der Waals surface area contributed by atoms with Crippen LogP contribution in [0.15, 0.2) is 58.5 Å². The Bertz CT molecular complexity index is 990. The van der Waals surface area contributed by atoms with Gasteiger partial charge in [-0.2, -0.15) is 0 Å². The molecule has 164 valence electrons. The van der Waals surface area contributed by atoms with Crippen LogP contribution in [0.2, 0.25) is 0 Å². The third-order valence-corrected chi connectivity index (χ3v) is 7.81. The highest BCUT2D eigenvalue weighted by molar-refractivity contribution is 9.10. The van der Waals surface area contributed by atoms with Gasteiger partial charge in [0.25, 0.3) is 0 Å². The quantitative estimate of drug-likeness (QED) is 0.609. The minimum Gasteiger partial charge on any atom is -0.462 e. The van der Waals surface area contributed by atoms with Gasteiger partial charge in [0, 0.05) is 55.4 Å². The zero-order valence-electron chi connectivity index (χ0n) is 18.1. The Hall–Kier alpha value is -1.96. The van der Waals surface area contributed by atoms with E-state index in [4.69, 9.17) is 9.47 Å². The number of carbonyl (C=O) groups is 1. The van der Waals surface area contributed by atoms with Gasteiger partial charge in [-0.25, -0.2) is 4.79 Å². The number of rotatable bonds is 4. The monoisotopic (exact) mass is 485 g/mol. The first-order valence-corrected chi connectivity index (χ1v) is 11.6. The van der Waals surface area contributed by atoms with Crippen molar-refractivity contribution in [1.29, 1.82) is 0 Å². The molecule has 1 saturated heterocycles. The van der Waals surface area contributed by atoms with Crippen molar-refractivity contribution in [1.82, 2.24) is 14.8 Å². The van der Waals surface area contributed by atoms with Gasteiger partial charge < -0.3 is 14.4 Å². The Kier molecular flexibility index (Phi) is 5.31. The molecule has 2 fully saturated rings. The Morgan fingerprint density at radius 1 is 1.35 bits per heavy atom. The minimum absolute atomic E-state index is 0.195. The first-order valence-electron chi connectivity index (χ1n) is 10.8. The molecule has 5 atom stereocenters. The summed E-state index contributed by atoms with van der Waals surface area (Å²) in [6, 6.07) is 2.39. The number of piperidine rings is 1. The van der Waals surface area contributed by atoms with E-state index >= 15 is 0 Å². The number of aromatic nitrogens is 1. The van der Waals surface area contributed by atoms with Crippen LogP contribution >= 0.6 is 15.9 Å². The van der Waals surface area contributed by atoms with Gasteiger partial charge in [-0.3, -0.25) is 9.88 Å². The number of likely N-dealkylation sites (tertiary alicyclic amines) is 1. The van der Waals surface area contributed by atoms with Crippen molar-refractivity contribution in [3.8, 4) is 0 Å². The number of likely N-dealkylation sites (N-methyl/N-ethyl adjacent to an activating group) is 2. The van der Waals surface area contributed by atoms with E-state index in [1.54, 1.807) is 12.3 Å². The van der Waals surface area contributed by atoms with E-state index in [1.807, 2.05) is 7.11 Å². The van der Waals surface area contributed by atoms with Gasteiger partial charge in [0.05, 0.1) is 18.2 Å². The molecule has 0 N–H and O–H groups in total. The lowest BCUT2D eigenvalue weighted by Crippen LogP contribution is -2.64. The van der Waals surface area contributed by atoms with Gasteiger partial charge in [-0.15, -0.1) is 0 Å². The highest BCUT2D eigenvalue weighted by Gasteiger charge is 2.57. The number of methoxy groups -OCH3 is 1. The van der Waals surface area contributed by atoms with Crippen LogP contribution in [0.25, 0.3) is 0 Å². The van der Waals surface area contributed by atoms with Gasteiger partial charge in [-0.1, -0.05) is 18.2 Å². The maximum atomic E-state index is 12.6. The predicted molar refractivity (Wildman–Crippen MR) is 121 cm³/mol. The SMILES string of the molecule is CO[C@]12C[C@@H](COC(=O)c3cncc(Br)c3)CN(C)[C@@H]1CC1=CN(C)[C@H]3C=CC=C2[C@H]13. The lowest BCUT2D eigenvalue weighted by Gasteiger charge is -2.57. The maximum absolute atomic E-state index is 12.6. The fraction of sp³-hybridized carbons (Fsp3) is 0.500. The standard InChI is InChI=1S/C24H28BrN3O3/c1-27-13-17-8-21-24(30-3,19-5-4-6-20(27)22(17)19)9-15(12-28(21)2)14-31-23(29)16-7-18(25)11-26-10-16/h4-7,10-11,13,15,20-22H,8-9,12,14H2,1-3H3/t15-,20+,21-,22+,24+/m1/s1. The molecule has 0 radical (unpaired) electrons. The fourth-order valence-corrected chi connectivity index (χ4v) is 6.46. The molecule has 2 aliphatic heterocycles. The van der Waals surface area contributed by atoms with Crippen LogP contribution in [0.5, 0.6) is 0 Å². The van der Waals surface area contributed by atoms with Crippen LogP contribution < -0.4 is 0 Å². The average Bonchev–Trinajstić information content (AvgIpc) is 3.09. The Balaban J connectivity index is 1.38. The van der Waals surface area contributed by atoms with E-state index in [0.717, 1.165) is 23.9 Å². The summed E-state index contributed by atoms with van der Waals surface area (Å²) in [7, 11) is 6.17. The van der Waals surface area contributed by atoms with E-state index in [2.05, 4.69) is 69.2 Å². The smallest absolute Gasteiger partial charge is 0.339 e. The molecule has 1 saturated carbocycles. The second-order valence-electron chi connectivity index (χ2n) is 9.16. The molecule has 3 heterocycles. The van der Waals surface area contributed by atoms with Crippen LogP contribution in [-0.2, 0) is 9.47 Å². The second-order valence-corrected chi connectivity index (χ2v) is 10.1. The van der Waals surface area contributed by atoms with E-state index < -0.39 is 0 Å². The van der Waals surface area contributed by atoms with Crippen molar-refractivity contribution < 1.29 is 14.3 Å². The molecular weight excluding hydrogens is 458 g/mol. The summed E-state index contributed by atoms with van der Waals surface area (Å²) in [5.41, 5.74) is 2.97. The fourth-order valence-electron chi connectivity index (χ4n) is 6.10. The zero-order valence-corrected chi connectivity index (χ0v) is 19.7. The maximum Gasteiger partial charge on any atom is 0.339 e. The summed E-state index contributed by atoms with van der Waals surface area (Å²) < 4.78 is 12.9. The molecule has 31 heavy (non-hydrogen) atoms.